The molecule has 0 aromatic heterocycles. The average molecular weight is 351 g/mol. The SMILES string of the molecule is CC1(C(=O)O)CCN(C/C=C/c2ccc(OCc3ccccc3)cc2)C1. The van der Waals surface area contributed by atoms with Crippen LogP contribution in [0.3, 0.4) is 0 Å². The van der Waals surface area contributed by atoms with E-state index in [9.17, 15) is 9.90 Å². The molecular weight excluding hydrogens is 326 g/mol. The van der Waals surface area contributed by atoms with Crippen molar-refractivity contribution in [3.05, 3.63) is 71.8 Å². The number of nitrogens with zero attached hydrogens (tertiary/aromatic N) is 1. The molecule has 1 atom stereocenters. The Hall–Kier alpha value is -2.59. The van der Waals surface area contributed by atoms with Crippen LogP contribution in [0, 0.1) is 5.41 Å². The second kappa shape index (κ2) is 8.19. The van der Waals surface area contributed by atoms with Gasteiger partial charge >= 0.3 is 5.97 Å². The maximum atomic E-state index is 11.3. The van der Waals surface area contributed by atoms with Crippen molar-refractivity contribution in [2.75, 3.05) is 19.6 Å². The summed E-state index contributed by atoms with van der Waals surface area (Å²) >= 11 is 0. The molecule has 0 aliphatic carbocycles. The van der Waals surface area contributed by atoms with Gasteiger partial charge in [0.25, 0.3) is 0 Å². The Morgan fingerprint density at radius 3 is 2.58 bits per heavy atom. The fraction of sp³-hybridized carbons (Fsp3) is 0.318. The molecule has 136 valence electrons. The van der Waals surface area contributed by atoms with Crippen LogP contribution in [0.4, 0.5) is 0 Å². The molecular formula is C22H25NO3. The summed E-state index contributed by atoms with van der Waals surface area (Å²) in [5.74, 6) is 0.151. The predicted octanol–water partition coefficient (Wildman–Crippen LogP) is 4.08. The average Bonchev–Trinajstić information content (AvgIpc) is 3.05. The minimum absolute atomic E-state index is 0.563. The predicted molar refractivity (Wildman–Crippen MR) is 103 cm³/mol. The Labute approximate surface area is 154 Å². The molecule has 1 heterocycles. The molecule has 1 fully saturated rings. The molecule has 0 radical (unpaired) electrons. The van der Waals surface area contributed by atoms with Crippen LogP contribution in [-0.4, -0.2) is 35.6 Å². The van der Waals surface area contributed by atoms with Crippen LogP contribution in [0.25, 0.3) is 6.08 Å². The van der Waals surface area contributed by atoms with Gasteiger partial charge in [0.1, 0.15) is 12.4 Å². The molecule has 1 aliphatic heterocycles. The Kier molecular flexibility index (Phi) is 5.74. The summed E-state index contributed by atoms with van der Waals surface area (Å²) in [5, 5.41) is 9.28. The van der Waals surface area contributed by atoms with Gasteiger partial charge in [-0.15, -0.1) is 0 Å². The van der Waals surface area contributed by atoms with E-state index in [-0.39, 0.29) is 0 Å². The Morgan fingerprint density at radius 1 is 1.19 bits per heavy atom. The van der Waals surface area contributed by atoms with Gasteiger partial charge in [-0.05, 0) is 43.1 Å². The van der Waals surface area contributed by atoms with Gasteiger partial charge in [-0.25, -0.2) is 0 Å². The van der Waals surface area contributed by atoms with Crippen LogP contribution < -0.4 is 4.74 Å². The summed E-state index contributed by atoms with van der Waals surface area (Å²) in [6, 6.07) is 18.1. The number of hydrogen-bond acceptors (Lipinski definition) is 3. The summed E-state index contributed by atoms with van der Waals surface area (Å²) in [5.41, 5.74) is 1.65. The number of ether oxygens (including phenoxy) is 1. The molecule has 1 unspecified atom stereocenters. The van der Waals surface area contributed by atoms with E-state index in [1.54, 1.807) is 0 Å². The van der Waals surface area contributed by atoms with Crippen molar-refractivity contribution in [2.24, 2.45) is 5.41 Å². The third-order valence-electron chi connectivity index (χ3n) is 4.87. The van der Waals surface area contributed by atoms with Crippen LogP contribution in [0.15, 0.2) is 60.7 Å². The first-order valence-electron chi connectivity index (χ1n) is 8.94. The number of benzene rings is 2. The fourth-order valence-electron chi connectivity index (χ4n) is 3.14. The molecule has 3 rings (SSSR count). The number of hydrogen-bond donors (Lipinski definition) is 1. The number of rotatable bonds is 7. The van der Waals surface area contributed by atoms with Gasteiger partial charge in [0.05, 0.1) is 5.41 Å². The van der Waals surface area contributed by atoms with Gasteiger partial charge in [0.15, 0.2) is 0 Å². The van der Waals surface area contributed by atoms with Crippen LogP contribution in [0.5, 0.6) is 5.75 Å². The third-order valence-corrected chi connectivity index (χ3v) is 4.87. The van der Waals surface area contributed by atoms with E-state index < -0.39 is 11.4 Å². The fourth-order valence-corrected chi connectivity index (χ4v) is 3.14. The van der Waals surface area contributed by atoms with Gasteiger partial charge in [-0.2, -0.15) is 0 Å². The molecule has 1 aliphatic rings. The monoisotopic (exact) mass is 351 g/mol. The lowest BCUT2D eigenvalue weighted by molar-refractivity contribution is -0.147. The quantitative estimate of drug-likeness (QED) is 0.817. The second-order valence-corrected chi connectivity index (χ2v) is 7.10. The van der Waals surface area contributed by atoms with E-state index in [0.717, 1.165) is 30.0 Å². The van der Waals surface area contributed by atoms with E-state index >= 15 is 0 Å². The summed E-state index contributed by atoms with van der Waals surface area (Å²) < 4.78 is 5.79. The topological polar surface area (TPSA) is 49.8 Å². The van der Waals surface area contributed by atoms with E-state index in [4.69, 9.17) is 4.74 Å². The summed E-state index contributed by atoms with van der Waals surface area (Å²) in [7, 11) is 0. The lowest BCUT2D eigenvalue weighted by Gasteiger charge is -2.18. The number of aliphatic carboxylic acids is 1. The van der Waals surface area contributed by atoms with Crippen LogP contribution in [0.1, 0.15) is 24.5 Å². The number of likely N-dealkylation sites (tertiary alicyclic amines) is 1. The van der Waals surface area contributed by atoms with Crippen molar-refractivity contribution in [3.8, 4) is 5.75 Å². The lowest BCUT2D eigenvalue weighted by atomic mass is 9.90. The zero-order valence-electron chi connectivity index (χ0n) is 15.1. The highest BCUT2D eigenvalue weighted by molar-refractivity contribution is 5.74. The van der Waals surface area contributed by atoms with Crippen molar-refractivity contribution in [1.29, 1.82) is 0 Å². The number of carboxylic acids is 1. The van der Waals surface area contributed by atoms with Crippen LogP contribution in [0.2, 0.25) is 0 Å². The summed E-state index contributed by atoms with van der Waals surface area (Å²) in [6.45, 7) is 4.61. The van der Waals surface area contributed by atoms with Crippen LogP contribution >= 0.6 is 0 Å². The Morgan fingerprint density at radius 2 is 1.92 bits per heavy atom. The maximum absolute atomic E-state index is 11.3. The van der Waals surface area contributed by atoms with Gasteiger partial charge in [-0.1, -0.05) is 54.6 Å². The van der Waals surface area contributed by atoms with Gasteiger partial charge in [0.2, 0.25) is 0 Å². The highest BCUT2D eigenvalue weighted by Gasteiger charge is 2.39. The minimum Gasteiger partial charge on any atom is -0.489 e. The van der Waals surface area contributed by atoms with E-state index in [1.165, 1.54) is 0 Å². The summed E-state index contributed by atoms with van der Waals surface area (Å²) in [6.07, 6.45) is 4.87. The highest BCUT2D eigenvalue weighted by atomic mass is 16.5. The zero-order chi connectivity index (χ0) is 18.4. The highest BCUT2D eigenvalue weighted by Crippen LogP contribution is 2.29. The summed E-state index contributed by atoms with van der Waals surface area (Å²) in [4.78, 5) is 13.5. The van der Waals surface area contributed by atoms with Gasteiger partial charge in [-0.3, -0.25) is 9.69 Å². The standard InChI is InChI=1S/C22H25NO3/c1-22(21(24)25)13-15-23(17-22)14-5-8-18-9-11-20(12-10-18)26-16-19-6-3-2-4-7-19/h2-12H,13-17H2,1H3,(H,24,25)/b8-5+. The lowest BCUT2D eigenvalue weighted by Crippen LogP contribution is -2.31. The van der Waals surface area contributed by atoms with Crippen molar-refractivity contribution in [1.82, 2.24) is 4.90 Å². The van der Waals surface area contributed by atoms with Crippen LogP contribution in [-0.2, 0) is 11.4 Å². The molecule has 0 amide bonds. The zero-order valence-corrected chi connectivity index (χ0v) is 15.1. The number of carbonyl (C=O) groups is 1. The largest absolute Gasteiger partial charge is 0.489 e. The molecule has 4 nitrogen and oxygen atoms in total. The second-order valence-electron chi connectivity index (χ2n) is 7.10. The van der Waals surface area contributed by atoms with Crippen molar-refractivity contribution < 1.29 is 14.6 Å². The normalized spacial score (nSPS) is 20.5. The van der Waals surface area contributed by atoms with Crippen molar-refractivity contribution >= 4 is 12.0 Å². The molecule has 1 N–H and O–H groups in total. The number of carboxylic acid groups (broad SMARTS) is 1. The molecule has 0 spiro atoms. The molecule has 2 aromatic carbocycles. The van der Waals surface area contributed by atoms with Gasteiger partial charge in [0, 0.05) is 13.1 Å². The first-order chi connectivity index (χ1) is 12.5. The van der Waals surface area contributed by atoms with E-state index in [1.807, 2.05) is 61.5 Å². The Balaban J connectivity index is 1.47. The van der Waals surface area contributed by atoms with E-state index in [2.05, 4.69) is 17.1 Å². The molecule has 4 heteroatoms. The Bertz CT molecular complexity index is 755. The van der Waals surface area contributed by atoms with Crippen molar-refractivity contribution in [3.63, 3.8) is 0 Å². The molecule has 0 saturated carbocycles. The van der Waals surface area contributed by atoms with Crippen molar-refractivity contribution in [2.45, 2.75) is 20.0 Å². The molecule has 1 saturated heterocycles. The first kappa shape index (κ1) is 18.2. The molecule has 2 aromatic rings. The minimum atomic E-state index is -0.699. The maximum Gasteiger partial charge on any atom is 0.310 e. The third kappa shape index (κ3) is 4.73. The molecule has 26 heavy (non-hydrogen) atoms. The molecule has 0 bridgehead atoms. The first-order valence-corrected chi connectivity index (χ1v) is 8.94. The van der Waals surface area contributed by atoms with Gasteiger partial charge < -0.3 is 9.84 Å². The van der Waals surface area contributed by atoms with E-state index in [0.29, 0.717) is 19.6 Å². The smallest absolute Gasteiger partial charge is 0.310 e.